The lowest BCUT2D eigenvalue weighted by Gasteiger charge is -2.10. The molecule has 1 aromatic carbocycles. The first-order valence-corrected chi connectivity index (χ1v) is 6.57. The van der Waals surface area contributed by atoms with E-state index in [0.29, 0.717) is 27.5 Å². The Morgan fingerprint density at radius 1 is 1.22 bits per heavy atom. The van der Waals surface area contributed by atoms with Gasteiger partial charge in [0.05, 0.1) is 16.9 Å². The van der Waals surface area contributed by atoms with Crippen LogP contribution in [0.15, 0.2) is 28.9 Å². The first-order valence-electron chi connectivity index (χ1n) is 5.02. The van der Waals surface area contributed by atoms with E-state index in [1.807, 2.05) is 12.1 Å². The maximum atomic E-state index is 6.09. The maximum absolute atomic E-state index is 6.09. The third kappa shape index (κ3) is 3.04. The Morgan fingerprint density at radius 2 is 2.00 bits per heavy atom. The molecule has 1 aromatic heterocycles. The zero-order valence-corrected chi connectivity index (χ0v) is 12.4. The Morgan fingerprint density at radius 3 is 2.72 bits per heavy atom. The van der Waals surface area contributed by atoms with Crippen molar-refractivity contribution in [2.24, 2.45) is 0 Å². The largest absolute Gasteiger partial charge is 0.357 e. The molecule has 0 unspecified atom stereocenters. The van der Waals surface area contributed by atoms with Crippen molar-refractivity contribution in [3.8, 4) is 0 Å². The number of nitrogens with zero attached hydrogens (tertiary/aromatic N) is 2. The number of hydrogen-bond acceptors (Lipinski definition) is 4. The highest BCUT2D eigenvalue weighted by molar-refractivity contribution is 9.10. The summed E-state index contributed by atoms with van der Waals surface area (Å²) in [5.41, 5.74) is 0.716. The van der Waals surface area contributed by atoms with Gasteiger partial charge in [0.2, 0.25) is 5.95 Å². The minimum atomic E-state index is 0.421. The molecule has 18 heavy (non-hydrogen) atoms. The average Bonchev–Trinajstić information content (AvgIpc) is 2.36. The highest BCUT2D eigenvalue weighted by Crippen LogP contribution is 2.30. The molecular weight excluding hydrogens is 339 g/mol. The second kappa shape index (κ2) is 5.73. The molecule has 0 spiro atoms. The minimum Gasteiger partial charge on any atom is -0.357 e. The van der Waals surface area contributed by atoms with Crippen molar-refractivity contribution in [2.75, 3.05) is 17.7 Å². The summed E-state index contributed by atoms with van der Waals surface area (Å²) in [6.45, 7) is 0. The fraction of sp³-hybridized carbons (Fsp3) is 0.0909. The number of halogens is 3. The number of rotatable bonds is 3. The van der Waals surface area contributed by atoms with Crippen LogP contribution >= 0.6 is 39.1 Å². The number of aromatic nitrogens is 2. The average molecular weight is 348 g/mol. The molecule has 0 bridgehead atoms. The topological polar surface area (TPSA) is 49.8 Å². The molecule has 0 aliphatic carbocycles. The van der Waals surface area contributed by atoms with Crippen LogP contribution in [0.1, 0.15) is 0 Å². The molecule has 94 valence electrons. The summed E-state index contributed by atoms with van der Waals surface area (Å²) in [6, 6.07) is 5.48. The first-order chi connectivity index (χ1) is 8.60. The van der Waals surface area contributed by atoms with E-state index >= 15 is 0 Å². The van der Waals surface area contributed by atoms with Gasteiger partial charge in [0.15, 0.2) is 5.82 Å². The van der Waals surface area contributed by atoms with Gasteiger partial charge in [0.1, 0.15) is 5.02 Å². The molecule has 0 aliphatic heterocycles. The summed E-state index contributed by atoms with van der Waals surface area (Å²) in [7, 11) is 1.74. The third-order valence-corrected chi connectivity index (χ3v) is 3.25. The van der Waals surface area contributed by atoms with Crippen molar-refractivity contribution >= 4 is 56.6 Å². The Balaban J connectivity index is 2.36. The molecule has 2 N–H and O–H groups in total. The molecule has 7 heteroatoms. The van der Waals surface area contributed by atoms with Gasteiger partial charge in [-0.3, -0.25) is 0 Å². The standard InChI is InChI=1S/C11H9BrCl2N4/c1-15-11-16-5-8(14)10(18-11)17-9-4-6(12)2-3-7(9)13/h2-5H,1H3,(H2,15,16,17,18). The van der Waals surface area contributed by atoms with Crippen molar-refractivity contribution < 1.29 is 0 Å². The van der Waals surface area contributed by atoms with Crippen LogP contribution in [0.25, 0.3) is 0 Å². The first kappa shape index (κ1) is 13.4. The molecule has 0 saturated carbocycles. The summed E-state index contributed by atoms with van der Waals surface area (Å²) in [5.74, 6) is 0.976. The van der Waals surface area contributed by atoms with Gasteiger partial charge < -0.3 is 10.6 Å². The van der Waals surface area contributed by atoms with Gasteiger partial charge in [-0.25, -0.2) is 4.98 Å². The minimum absolute atomic E-state index is 0.421. The lowest BCUT2D eigenvalue weighted by atomic mass is 10.3. The molecule has 0 amide bonds. The monoisotopic (exact) mass is 346 g/mol. The molecule has 2 rings (SSSR count). The summed E-state index contributed by atoms with van der Waals surface area (Å²) in [6.07, 6.45) is 1.52. The van der Waals surface area contributed by atoms with E-state index in [0.717, 1.165) is 4.47 Å². The van der Waals surface area contributed by atoms with E-state index in [1.54, 1.807) is 13.1 Å². The SMILES string of the molecule is CNc1ncc(Cl)c(Nc2cc(Br)ccc2Cl)n1. The number of benzene rings is 1. The van der Waals surface area contributed by atoms with Crippen LogP contribution in [0.2, 0.25) is 10.0 Å². The van der Waals surface area contributed by atoms with Crippen molar-refractivity contribution in [3.63, 3.8) is 0 Å². The third-order valence-electron chi connectivity index (χ3n) is 2.15. The maximum Gasteiger partial charge on any atom is 0.224 e. The molecule has 2 aromatic rings. The summed E-state index contributed by atoms with van der Waals surface area (Å²) < 4.78 is 0.911. The molecule has 0 atom stereocenters. The van der Waals surface area contributed by atoms with E-state index < -0.39 is 0 Å². The fourth-order valence-electron chi connectivity index (χ4n) is 1.30. The normalized spacial score (nSPS) is 10.2. The highest BCUT2D eigenvalue weighted by atomic mass is 79.9. The van der Waals surface area contributed by atoms with Crippen LogP contribution in [-0.2, 0) is 0 Å². The smallest absolute Gasteiger partial charge is 0.224 e. The Hall–Kier alpha value is -1.04. The predicted molar refractivity (Wildman–Crippen MR) is 79.0 cm³/mol. The molecule has 0 saturated heterocycles. The van der Waals surface area contributed by atoms with E-state index in [2.05, 4.69) is 36.5 Å². The second-order valence-corrected chi connectivity index (χ2v) is 5.12. The van der Waals surface area contributed by atoms with Crippen LogP contribution in [0.4, 0.5) is 17.5 Å². The molecular formula is C11H9BrCl2N4. The molecule has 0 radical (unpaired) electrons. The van der Waals surface area contributed by atoms with Crippen molar-refractivity contribution in [1.29, 1.82) is 0 Å². The molecule has 1 heterocycles. The van der Waals surface area contributed by atoms with Gasteiger partial charge in [-0.1, -0.05) is 39.1 Å². The van der Waals surface area contributed by atoms with Gasteiger partial charge >= 0.3 is 0 Å². The van der Waals surface area contributed by atoms with Crippen LogP contribution in [0.5, 0.6) is 0 Å². The zero-order valence-electron chi connectivity index (χ0n) is 9.34. The van der Waals surface area contributed by atoms with Gasteiger partial charge in [-0.2, -0.15) is 4.98 Å². The lowest BCUT2D eigenvalue weighted by Crippen LogP contribution is -2.01. The lowest BCUT2D eigenvalue weighted by molar-refractivity contribution is 1.15. The Kier molecular flexibility index (Phi) is 4.27. The number of anilines is 3. The number of hydrogen-bond donors (Lipinski definition) is 2. The van der Waals surface area contributed by atoms with Gasteiger partial charge in [0.25, 0.3) is 0 Å². The second-order valence-electron chi connectivity index (χ2n) is 3.39. The number of nitrogens with one attached hydrogen (secondary N) is 2. The Labute approximate surface area is 123 Å². The quantitative estimate of drug-likeness (QED) is 0.867. The van der Waals surface area contributed by atoms with Crippen molar-refractivity contribution in [3.05, 3.63) is 38.9 Å². The van der Waals surface area contributed by atoms with Gasteiger partial charge in [-0.05, 0) is 18.2 Å². The highest BCUT2D eigenvalue weighted by Gasteiger charge is 2.07. The predicted octanol–water partition coefficient (Wildman–Crippen LogP) is 4.33. The van der Waals surface area contributed by atoms with Crippen LogP contribution in [0.3, 0.4) is 0 Å². The summed E-state index contributed by atoms with van der Waals surface area (Å²) >= 11 is 15.5. The molecule has 0 fully saturated rings. The summed E-state index contributed by atoms with van der Waals surface area (Å²) in [5, 5.41) is 6.92. The van der Waals surface area contributed by atoms with Crippen LogP contribution < -0.4 is 10.6 Å². The van der Waals surface area contributed by atoms with E-state index in [4.69, 9.17) is 23.2 Å². The summed E-state index contributed by atoms with van der Waals surface area (Å²) in [4.78, 5) is 8.22. The van der Waals surface area contributed by atoms with Crippen LogP contribution in [0, 0.1) is 0 Å². The molecule has 4 nitrogen and oxygen atoms in total. The fourth-order valence-corrected chi connectivity index (χ4v) is 1.96. The van der Waals surface area contributed by atoms with Crippen molar-refractivity contribution in [2.45, 2.75) is 0 Å². The van der Waals surface area contributed by atoms with Gasteiger partial charge in [0, 0.05) is 11.5 Å². The van der Waals surface area contributed by atoms with Crippen LogP contribution in [-0.4, -0.2) is 17.0 Å². The van der Waals surface area contributed by atoms with Gasteiger partial charge in [-0.15, -0.1) is 0 Å². The zero-order chi connectivity index (χ0) is 13.1. The van der Waals surface area contributed by atoms with E-state index in [9.17, 15) is 0 Å². The van der Waals surface area contributed by atoms with E-state index in [1.165, 1.54) is 6.20 Å². The Bertz CT molecular complexity index is 577. The van der Waals surface area contributed by atoms with E-state index in [-0.39, 0.29) is 0 Å². The molecule has 0 aliphatic rings. The van der Waals surface area contributed by atoms with Crippen molar-refractivity contribution in [1.82, 2.24) is 9.97 Å².